The number of anilines is 1. The highest BCUT2D eigenvalue weighted by Crippen LogP contribution is 2.22. The summed E-state index contributed by atoms with van der Waals surface area (Å²) in [6.45, 7) is 8.69. The van der Waals surface area contributed by atoms with Gasteiger partial charge in [0.25, 0.3) is 0 Å². The van der Waals surface area contributed by atoms with Gasteiger partial charge in [-0.1, -0.05) is 6.07 Å². The lowest BCUT2D eigenvalue weighted by Gasteiger charge is -2.37. The molecule has 0 atom stereocenters. The minimum atomic E-state index is 0. The van der Waals surface area contributed by atoms with Gasteiger partial charge in [0.05, 0.1) is 19.3 Å². The molecule has 0 aliphatic carbocycles. The van der Waals surface area contributed by atoms with E-state index in [0.29, 0.717) is 0 Å². The number of nitrogens with zero attached hydrogens (tertiary/aromatic N) is 4. The van der Waals surface area contributed by atoms with Crippen LogP contribution in [-0.2, 0) is 6.54 Å². The van der Waals surface area contributed by atoms with Gasteiger partial charge in [0.15, 0.2) is 5.96 Å². The number of hydrogen-bond acceptors (Lipinski definition) is 5. The molecule has 1 aliphatic heterocycles. The van der Waals surface area contributed by atoms with E-state index in [0.717, 1.165) is 55.1 Å². The van der Waals surface area contributed by atoms with Crippen LogP contribution in [0.15, 0.2) is 29.3 Å². The predicted molar refractivity (Wildman–Crippen MR) is 124 cm³/mol. The Hall–Kier alpha value is -1.55. The molecule has 1 aromatic heterocycles. The first-order chi connectivity index (χ1) is 12.6. The van der Waals surface area contributed by atoms with Crippen LogP contribution in [-0.4, -0.2) is 56.2 Å². The van der Waals surface area contributed by atoms with Crippen molar-refractivity contribution >= 4 is 47.0 Å². The van der Waals surface area contributed by atoms with Crippen molar-refractivity contribution in [3.63, 3.8) is 0 Å². The predicted octanol–water partition coefficient (Wildman–Crippen LogP) is 3.28. The molecule has 148 valence electrons. The maximum absolute atomic E-state index is 5.34. The molecule has 0 unspecified atom stereocenters. The summed E-state index contributed by atoms with van der Waals surface area (Å²) in [6.07, 6.45) is 0. The molecule has 1 aromatic carbocycles. The number of benzene rings is 1. The number of aryl methyl sites for hydroxylation is 2. The summed E-state index contributed by atoms with van der Waals surface area (Å²) >= 11 is 1.75. The summed E-state index contributed by atoms with van der Waals surface area (Å²) in [5.74, 6) is 1.84. The van der Waals surface area contributed by atoms with Crippen LogP contribution in [0.1, 0.15) is 15.6 Å². The number of ether oxygens (including phenoxy) is 1. The maximum Gasteiger partial charge on any atom is 0.194 e. The van der Waals surface area contributed by atoms with Gasteiger partial charge in [0.1, 0.15) is 10.8 Å². The third kappa shape index (κ3) is 5.47. The van der Waals surface area contributed by atoms with Crippen LogP contribution < -0.4 is 15.0 Å². The zero-order valence-electron chi connectivity index (χ0n) is 16.4. The zero-order valence-corrected chi connectivity index (χ0v) is 19.5. The average molecular weight is 501 g/mol. The molecule has 0 saturated carbocycles. The molecule has 6 nitrogen and oxygen atoms in total. The van der Waals surface area contributed by atoms with E-state index in [1.54, 1.807) is 18.4 Å². The second-order valence-electron chi connectivity index (χ2n) is 6.33. The quantitative estimate of drug-likeness (QED) is 0.396. The van der Waals surface area contributed by atoms with Crippen molar-refractivity contribution in [2.75, 3.05) is 45.2 Å². The van der Waals surface area contributed by atoms with Gasteiger partial charge in [-0.2, -0.15) is 0 Å². The fourth-order valence-corrected chi connectivity index (χ4v) is 3.96. The summed E-state index contributed by atoms with van der Waals surface area (Å²) in [5, 5.41) is 4.56. The largest absolute Gasteiger partial charge is 0.497 e. The summed E-state index contributed by atoms with van der Waals surface area (Å²) in [6, 6.07) is 8.25. The van der Waals surface area contributed by atoms with Crippen molar-refractivity contribution in [1.29, 1.82) is 0 Å². The van der Waals surface area contributed by atoms with Crippen molar-refractivity contribution in [2.24, 2.45) is 4.99 Å². The van der Waals surface area contributed by atoms with E-state index < -0.39 is 0 Å². The third-order valence-corrected chi connectivity index (χ3v) is 5.75. The van der Waals surface area contributed by atoms with Gasteiger partial charge in [0, 0.05) is 49.9 Å². The van der Waals surface area contributed by atoms with Crippen molar-refractivity contribution in [3.05, 3.63) is 39.8 Å². The van der Waals surface area contributed by atoms with E-state index in [9.17, 15) is 0 Å². The Morgan fingerprint density at radius 1 is 1.26 bits per heavy atom. The van der Waals surface area contributed by atoms with Gasteiger partial charge in [-0.3, -0.25) is 4.99 Å². The van der Waals surface area contributed by atoms with Gasteiger partial charge in [0.2, 0.25) is 0 Å². The first kappa shape index (κ1) is 21.7. The van der Waals surface area contributed by atoms with Gasteiger partial charge >= 0.3 is 0 Å². The van der Waals surface area contributed by atoms with Gasteiger partial charge in [-0.25, -0.2) is 4.98 Å². The molecule has 2 heterocycles. The molecule has 1 N–H and O–H groups in total. The Morgan fingerprint density at radius 3 is 2.59 bits per heavy atom. The van der Waals surface area contributed by atoms with Crippen LogP contribution in [0.5, 0.6) is 5.75 Å². The van der Waals surface area contributed by atoms with E-state index in [4.69, 9.17) is 4.74 Å². The van der Waals surface area contributed by atoms with Gasteiger partial charge in [-0.15, -0.1) is 35.3 Å². The van der Waals surface area contributed by atoms with E-state index >= 15 is 0 Å². The van der Waals surface area contributed by atoms with E-state index in [1.807, 2.05) is 19.2 Å². The summed E-state index contributed by atoms with van der Waals surface area (Å²) in [5.41, 5.74) is 2.33. The molecule has 0 spiro atoms. The topological polar surface area (TPSA) is 53.0 Å². The Labute approximate surface area is 182 Å². The lowest BCUT2D eigenvalue weighted by molar-refractivity contribution is 0.372. The minimum absolute atomic E-state index is 0. The highest BCUT2D eigenvalue weighted by atomic mass is 127. The molecule has 1 fully saturated rings. The molecule has 27 heavy (non-hydrogen) atoms. The smallest absolute Gasteiger partial charge is 0.194 e. The van der Waals surface area contributed by atoms with Crippen molar-refractivity contribution in [1.82, 2.24) is 15.2 Å². The van der Waals surface area contributed by atoms with Crippen LogP contribution in [0, 0.1) is 13.8 Å². The maximum atomic E-state index is 5.34. The second kappa shape index (κ2) is 10.1. The van der Waals surface area contributed by atoms with Crippen molar-refractivity contribution in [2.45, 2.75) is 20.4 Å². The lowest BCUT2D eigenvalue weighted by Crippen LogP contribution is -2.52. The first-order valence-electron chi connectivity index (χ1n) is 8.88. The number of piperazine rings is 1. The van der Waals surface area contributed by atoms with E-state index in [2.05, 4.69) is 51.1 Å². The Bertz CT molecular complexity index is 752. The normalized spacial score (nSPS) is 14.7. The molecule has 3 rings (SSSR count). The summed E-state index contributed by atoms with van der Waals surface area (Å²) in [4.78, 5) is 15.0. The number of hydrogen-bond donors (Lipinski definition) is 1. The molecule has 1 saturated heterocycles. The van der Waals surface area contributed by atoms with Crippen molar-refractivity contribution < 1.29 is 4.74 Å². The van der Waals surface area contributed by atoms with E-state index in [-0.39, 0.29) is 24.0 Å². The molecule has 0 bridgehead atoms. The number of methoxy groups -OCH3 is 1. The molecular weight excluding hydrogens is 473 g/mol. The fraction of sp³-hybridized carbons (Fsp3) is 0.474. The number of aliphatic imine (C=N–C) groups is 1. The minimum Gasteiger partial charge on any atom is -0.497 e. The molecular formula is C19H28IN5OS. The van der Waals surface area contributed by atoms with Crippen molar-refractivity contribution in [3.8, 4) is 5.75 Å². The van der Waals surface area contributed by atoms with Crippen LogP contribution in [0.2, 0.25) is 0 Å². The molecule has 0 radical (unpaired) electrons. The van der Waals surface area contributed by atoms with Crippen LogP contribution in [0.3, 0.4) is 0 Å². The average Bonchev–Trinajstić information content (AvgIpc) is 3.00. The number of halogens is 1. The number of guanidine groups is 1. The van der Waals surface area contributed by atoms with Gasteiger partial charge in [-0.05, 0) is 26.0 Å². The third-order valence-electron chi connectivity index (χ3n) is 4.68. The monoisotopic (exact) mass is 501 g/mol. The van der Waals surface area contributed by atoms with Crippen LogP contribution in [0.25, 0.3) is 0 Å². The standard InChI is InChI=1S/C19H27N5OS.HI/c1-14-15(2)26-18(22-14)13-21-19(20-3)24-10-8-23(9-11-24)16-6-5-7-17(12-16)25-4;/h5-7,12H,8-11,13H2,1-4H3,(H,20,21);1H. The Balaban J connectivity index is 0.00000261. The number of nitrogens with one attached hydrogen (secondary N) is 1. The summed E-state index contributed by atoms with van der Waals surface area (Å²) in [7, 11) is 3.55. The molecule has 2 aromatic rings. The number of aromatic nitrogens is 1. The molecule has 0 amide bonds. The summed E-state index contributed by atoms with van der Waals surface area (Å²) < 4.78 is 5.34. The highest BCUT2D eigenvalue weighted by molar-refractivity contribution is 14.0. The molecule has 8 heteroatoms. The first-order valence-corrected chi connectivity index (χ1v) is 9.70. The van der Waals surface area contributed by atoms with E-state index in [1.165, 1.54) is 10.6 Å². The SMILES string of the molecule is CN=C(NCc1nc(C)c(C)s1)N1CCN(c2cccc(OC)c2)CC1.I. The zero-order chi connectivity index (χ0) is 18.5. The van der Waals surface area contributed by atoms with Crippen LogP contribution in [0.4, 0.5) is 5.69 Å². The second-order valence-corrected chi connectivity index (χ2v) is 7.61. The highest BCUT2D eigenvalue weighted by Gasteiger charge is 2.20. The number of thiazole rings is 1. The number of rotatable bonds is 4. The van der Waals surface area contributed by atoms with Crippen LogP contribution >= 0.6 is 35.3 Å². The lowest BCUT2D eigenvalue weighted by atomic mass is 10.2. The van der Waals surface area contributed by atoms with Gasteiger partial charge < -0.3 is 19.9 Å². The molecule has 1 aliphatic rings. The Kier molecular flexibility index (Phi) is 8.15. The fourth-order valence-electron chi connectivity index (χ4n) is 3.09. The Morgan fingerprint density at radius 2 is 2.00 bits per heavy atom.